The lowest BCUT2D eigenvalue weighted by molar-refractivity contribution is -0.123. The van der Waals surface area contributed by atoms with Gasteiger partial charge in [0.2, 0.25) is 0 Å². The second-order valence-corrected chi connectivity index (χ2v) is 8.18. The number of benzene rings is 3. The third-order valence-electron chi connectivity index (χ3n) is 4.95. The van der Waals surface area contributed by atoms with Crippen LogP contribution in [0.4, 0.5) is 4.79 Å². The fourth-order valence-corrected chi connectivity index (χ4v) is 4.30. The second kappa shape index (κ2) is 9.75. The largest absolute Gasteiger partial charge is 0.490 e. The van der Waals surface area contributed by atoms with Crippen molar-refractivity contribution >= 4 is 39.8 Å². The van der Waals surface area contributed by atoms with Gasteiger partial charge in [-0.25, -0.2) is 0 Å². The van der Waals surface area contributed by atoms with E-state index in [9.17, 15) is 9.59 Å². The average molecular weight is 446 g/mol. The summed E-state index contributed by atoms with van der Waals surface area (Å²) in [6.07, 6.45) is 3.38. The Kier molecular flexibility index (Phi) is 6.61. The Hall–Kier alpha value is -3.51. The summed E-state index contributed by atoms with van der Waals surface area (Å²) in [5.41, 5.74) is 1.67. The van der Waals surface area contributed by atoms with Crippen molar-refractivity contribution in [1.29, 1.82) is 0 Å². The molecule has 2 amide bonds. The van der Waals surface area contributed by atoms with E-state index in [1.807, 2.05) is 55.5 Å². The number of ether oxygens (including phenoxy) is 2. The van der Waals surface area contributed by atoms with E-state index in [0.29, 0.717) is 29.6 Å². The quantitative estimate of drug-likeness (QED) is 0.313. The predicted molar refractivity (Wildman–Crippen MR) is 129 cm³/mol. The minimum atomic E-state index is -0.293. The normalized spacial score (nSPS) is 14.9. The van der Waals surface area contributed by atoms with Crippen molar-refractivity contribution in [3.63, 3.8) is 0 Å². The Bertz CT molecular complexity index is 1220. The molecule has 0 aromatic heterocycles. The lowest BCUT2D eigenvalue weighted by Gasteiger charge is -2.13. The summed E-state index contributed by atoms with van der Waals surface area (Å²) >= 11 is 0.950. The fraction of sp³-hybridized carbons (Fsp3) is 0.154. The molecule has 1 saturated heterocycles. The van der Waals surface area contributed by atoms with Crippen molar-refractivity contribution in [3.8, 4) is 11.5 Å². The molecule has 0 bridgehead atoms. The summed E-state index contributed by atoms with van der Waals surface area (Å²) in [6, 6.07) is 19.4. The van der Waals surface area contributed by atoms with Gasteiger partial charge in [-0.1, -0.05) is 55.1 Å². The molecule has 1 heterocycles. The third-order valence-corrected chi connectivity index (χ3v) is 5.86. The van der Waals surface area contributed by atoms with Crippen molar-refractivity contribution in [1.82, 2.24) is 4.90 Å². The summed E-state index contributed by atoms with van der Waals surface area (Å²) in [5.74, 6) is 0.893. The van der Waals surface area contributed by atoms with Gasteiger partial charge in [-0.15, -0.1) is 0 Å². The Balaban J connectivity index is 1.55. The maximum atomic E-state index is 13.0. The zero-order valence-electron chi connectivity index (χ0n) is 17.7. The highest BCUT2D eigenvalue weighted by molar-refractivity contribution is 8.18. The van der Waals surface area contributed by atoms with Gasteiger partial charge in [0.1, 0.15) is 6.61 Å². The van der Waals surface area contributed by atoms with Crippen LogP contribution in [0.1, 0.15) is 18.1 Å². The van der Waals surface area contributed by atoms with E-state index in [1.54, 1.807) is 24.3 Å². The first-order valence-corrected chi connectivity index (χ1v) is 11.1. The van der Waals surface area contributed by atoms with Crippen molar-refractivity contribution in [3.05, 3.63) is 89.4 Å². The highest BCUT2D eigenvalue weighted by Crippen LogP contribution is 2.35. The van der Waals surface area contributed by atoms with E-state index in [-0.39, 0.29) is 17.7 Å². The van der Waals surface area contributed by atoms with Crippen LogP contribution in [0.2, 0.25) is 0 Å². The molecular formula is C26H23NO4S. The Labute approximate surface area is 191 Å². The van der Waals surface area contributed by atoms with Gasteiger partial charge in [-0.3, -0.25) is 14.5 Å². The number of imide groups is 1. The molecule has 3 aromatic carbocycles. The molecule has 1 aliphatic rings. The number of hydrogen-bond acceptors (Lipinski definition) is 5. The minimum Gasteiger partial charge on any atom is -0.490 e. The second-order valence-electron chi connectivity index (χ2n) is 7.19. The SMILES string of the molecule is C=CCOc1ccc(/C=C2\SC(=O)N(Cc3ccc4ccccc4c3)C2=O)cc1OCC. The van der Waals surface area contributed by atoms with Crippen LogP contribution >= 0.6 is 11.8 Å². The lowest BCUT2D eigenvalue weighted by Crippen LogP contribution is -2.27. The van der Waals surface area contributed by atoms with Gasteiger partial charge < -0.3 is 9.47 Å². The number of thioether (sulfide) groups is 1. The van der Waals surface area contributed by atoms with Crippen molar-refractivity contribution in [2.75, 3.05) is 13.2 Å². The Morgan fingerprint density at radius 2 is 1.78 bits per heavy atom. The van der Waals surface area contributed by atoms with Crippen LogP contribution in [0.15, 0.2) is 78.2 Å². The van der Waals surface area contributed by atoms with Gasteiger partial charge in [0.15, 0.2) is 11.5 Å². The number of rotatable bonds is 8. The van der Waals surface area contributed by atoms with Gasteiger partial charge >= 0.3 is 0 Å². The van der Waals surface area contributed by atoms with Crippen LogP contribution in [0, 0.1) is 0 Å². The van der Waals surface area contributed by atoms with Gasteiger partial charge in [0.05, 0.1) is 18.1 Å². The summed E-state index contributed by atoms with van der Waals surface area (Å²) in [4.78, 5) is 27.2. The first-order valence-electron chi connectivity index (χ1n) is 10.3. The first kappa shape index (κ1) is 21.7. The number of fused-ring (bicyclic) bond motifs is 1. The summed E-state index contributed by atoms with van der Waals surface area (Å²) in [6.45, 7) is 6.64. The van der Waals surface area contributed by atoms with Crippen LogP contribution in [-0.4, -0.2) is 29.3 Å². The van der Waals surface area contributed by atoms with Gasteiger partial charge in [0.25, 0.3) is 11.1 Å². The van der Waals surface area contributed by atoms with Crippen LogP contribution in [0.3, 0.4) is 0 Å². The summed E-state index contributed by atoms with van der Waals surface area (Å²) in [5, 5.41) is 1.93. The molecule has 0 radical (unpaired) electrons. The number of nitrogens with zero attached hydrogens (tertiary/aromatic N) is 1. The number of hydrogen-bond donors (Lipinski definition) is 0. The van der Waals surface area contributed by atoms with Crippen LogP contribution in [0.5, 0.6) is 11.5 Å². The molecule has 3 aromatic rings. The van der Waals surface area contributed by atoms with E-state index in [4.69, 9.17) is 9.47 Å². The highest BCUT2D eigenvalue weighted by Gasteiger charge is 2.35. The molecule has 1 fully saturated rings. The molecule has 0 atom stereocenters. The lowest BCUT2D eigenvalue weighted by atomic mass is 10.1. The van der Waals surface area contributed by atoms with Crippen LogP contribution in [-0.2, 0) is 11.3 Å². The van der Waals surface area contributed by atoms with E-state index in [1.165, 1.54) is 4.90 Å². The third kappa shape index (κ3) is 4.70. The molecule has 0 saturated carbocycles. The maximum absolute atomic E-state index is 13.0. The molecule has 1 aliphatic heterocycles. The van der Waals surface area contributed by atoms with Crippen molar-refractivity contribution in [2.24, 2.45) is 0 Å². The van der Waals surface area contributed by atoms with Crippen molar-refractivity contribution in [2.45, 2.75) is 13.5 Å². The molecule has 162 valence electrons. The molecule has 32 heavy (non-hydrogen) atoms. The highest BCUT2D eigenvalue weighted by atomic mass is 32.2. The number of amides is 2. The number of carbonyl (C=O) groups is 2. The molecular weight excluding hydrogens is 422 g/mol. The molecule has 0 unspecified atom stereocenters. The Morgan fingerprint density at radius 3 is 2.56 bits per heavy atom. The molecule has 4 rings (SSSR count). The maximum Gasteiger partial charge on any atom is 0.293 e. The van der Waals surface area contributed by atoms with E-state index < -0.39 is 0 Å². The van der Waals surface area contributed by atoms with Crippen molar-refractivity contribution < 1.29 is 19.1 Å². The monoisotopic (exact) mass is 445 g/mol. The molecule has 0 N–H and O–H groups in total. The number of carbonyl (C=O) groups excluding carboxylic acids is 2. The standard InChI is InChI=1S/C26H23NO4S/c1-3-13-31-22-12-10-18(15-23(22)30-4-2)16-24-25(28)27(26(29)32-24)17-19-9-11-20-7-5-6-8-21(20)14-19/h3,5-12,14-16H,1,4,13,17H2,2H3/b24-16-. The Morgan fingerprint density at radius 1 is 0.969 bits per heavy atom. The molecule has 0 spiro atoms. The van der Waals surface area contributed by atoms with Gasteiger partial charge in [0, 0.05) is 0 Å². The van der Waals surface area contributed by atoms with Crippen LogP contribution in [0.25, 0.3) is 16.8 Å². The van der Waals surface area contributed by atoms with E-state index in [2.05, 4.69) is 6.58 Å². The van der Waals surface area contributed by atoms with E-state index in [0.717, 1.165) is 33.7 Å². The predicted octanol–water partition coefficient (Wildman–Crippen LogP) is 6.04. The minimum absolute atomic E-state index is 0.241. The van der Waals surface area contributed by atoms with Crippen LogP contribution < -0.4 is 9.47 Å². The average Bonchev–Trinajstić information content (AvgIpc) is 3.06. The summed E-state index contributed by atoms with van der Waals surface area (Å²) in [7, 11) is 0. The van der Waals surface area contributed by atoms with E-state index >= 15 is 0 Å². The molecule has 0 aliphatic carbocycles. The zero-order chi connectivity index (χ0) is 22.5. The smallest absolute Gasteiger partial charge is 0.293 e. The zero-order valence-corrected chi connectivity index (χ0v) is 18.6. The topological polar surface area (TPSA) is 55.8 Å². The van der Waals surface area contributed by atoms with Gasteiger partial charge in [-0.05, 0) is 64.9 Å². The first-order chi connectivity index (χ1) is 15.6. The summed E-state index contributed by atoms with van der Waals surface area (Å²) < 4.78 is 11.3. The fourth-order valence-electron chi connectivity index (χ4n) is 3.46. The van der Waals surface area contributed by atoms with Gasteiger partial charge in [-0.2, -0.15) is 0 Å². The molecule has 6 heteroatoms. The molecule has 5 nitrogen and oxygen atoms in total.